The molecule has 0 aliphatic heterocycles. The first kappa shape index (κ1) is 13.4. The normalized spacial score (nSPS) is 14.4. The molecule has 1 fully saturated rings. The summed E-state index contributed by atoms with van der Waals surface area (Å²) in [4.78, 5) is 23.4. The summed E-state index contributed by atoms with van der Waals surface area (Å²) >= 11 is 0. The standard InChI is InChI=1S/C14H18N2O3/c1-15-13(17)10-6-7-11(12(8-10)19-2)16-14(18)9-4-3-5-9/h6-9H,3-5H2,1-2H3,(H,15,17)(H,16,18). The van der Waals surface area contributed by atoms with E-state index in [1.54, 1.807) is 25.2 Å². The van der Waals surface area contributed by atoms with Crippen LogP contribution in [-0.2, 0) is 4.79 Å². The Morgan fingerprint density at radius 3 is 2.58 bits per heavy atom. The molecule has 0 saturated heterocycles. The van der Waals surface area contributed by atoms with Crippen molar-refractivity contribution in [1.29, 1.82) is 0 Å². The van der Waals surface area contributed by atoms with Gasteiger partial charge in [0, 0.05) is 18.5 Å². The Hall–Kier alpha value is -2.04. The Balaban J connectivity index is 2.15. The minimum atomic E-state index is -0.185. The van der Waals surface area contributed by atoms with E-state index in [2.05, 4.69) is 10.6 Å². The number of carbonyl (C=O) groups is 2. The van der Waals surface area contributed by atoms with E-state index in [4.69, 9.17) is 4.74 Å². The molecule has 0 bridgehead atoms. The fraction of sp³-hybridized carbons (Fsp3) is 0.429. The second-order valence-corrected chi connectivity index (χ2v) is 4.61. The average molecular weight is 262 g/mol. The zero-order valence-electron chi connectivity index (χ0n) is 11.2. The third kappa shape index (κ3) is 2.86. The summed E-state index contributed by atoms with van der Waals surface area (Å²) < 4.78 is 5.22. The molecule has 0 spiro atoms. The molecule has 2 rings (SSSR count). The van der Waals surface area contributed by atoms with Gasteiger partial charge in [0.25, 0.3) is 5.91 Å². The number of methoxy groups -OCH3 is 1. The van der Waals surface area contributed by atoms with Gasteiger partial charge >= 0.3 is 0 Å². The lowest BCUT2D eigenvalue weighted by molar-refractivity contribution is -0.122. The molecule has 1 aliphatic carbocycles. The Kier molecular flexibility index (Phi) is 4.04. The summed E-state index contributed by atoms with van der Waals surface area (Å²) in [5, 5.41) is 5.40. The summed E-state index contributed by atoms with van der Waals surface area (Å²) in [6.07, 6.45) is 3.01. The van der Waals surface area contributed by atoms with Crippen LogP contribution in [0.2, 0.25) is 0 Å². The minimum Gasteiger partial charge on any atom is -0.495 e. The lowest BCUT2D eigenvalue weighted by Gasteiger charge is -2.24. The highest BCUT2D eigenvalue weighted by Crippen LogP contribution is 2.30. The van der Waals surface area contributed by atoms with Crippen LogP contribution in [0.15, 0.2) is 18.2 Å². The molecule has 1 aromatic rings. The van der Waals surface area contributed by atoms with Crippen LogP contribution in [0, 0.1) is 5.92 Å². The van der Waals surface area contributed by atoms with E-state index < -0.39 is 0 Å². The summed E-state index contributed by atoms with van der Waals surface area (Å²) in [5.41, 5.74) is 1.10. The van der Waals surface area contributed by atoms with E-state index in [-0.39, 0.29) is 17.7 Å². The lowest BCUT2D eigenvalue weighted by Crippen LogP contribution is -2.28. The summed E-state index contributed by atoms with van der Waals surface area (Å²) in [6, 6.07) is 4.98. The molecule has 1 saturated carbocycles. The molecule has 1 aliphatic rings. The fourth-order valence-corrected chi connectivity index (χ4v) is 1.99. The number of hydrogen-bond donors (Lipinski definition) is 2. The van der Waals surface area contributed by atoms with Crippen molar-refractivity contribution in [3.63, 3.8) is 0 Å². The first-order valence-electron chi connectivity index (χ1n) is 6.36. The zero-order chi connectivity index (χ0) is 13.8. The van der Waals surface area contributed by atoms with Gasteiger partial charge in [-0.25, -0.2) is 0 Å². The van der Waals surface area contributed by atoms with Gasteiger partial charge in [-0.15, -0.1) is 0 Å². The van der Waals surface area contributed by atoms with Crippen LogP contribution in [0.4, 0.5) is 5.69 Å². The molecule has 2 amide bonds. The number of anilines is 1. The number of ether oxygens (including phenoxy) is 1. The maximum atomic E-state index is 11.9. The van der Waals surface area contributed by atoms with Crippen LogP contribution < -0.4 is 15.4 Å². The van der Waals surface area contributed by atoms with Crippen LogP contribution in [0.25, 0.3) is 0 Å². The SMILES string of the molecule is CNC(=O)c1ccc(NC(=O)C2CCC2)c(OC)c1. The quantitative estimate of drug-likeness (QED) is 0.869. The van der Waals surface area contributed by atoms with Gasteiger partial charge < -0.3 is 15.4 Å². The second-order valence-electron chi connectivity index (χ2n) is 4.61. The van der Waals surface area contributed by atoms with Crippen LogP contribution in [0.5, 0.6) is 5.75 Å². The van der Waals surface area contributed by atoms with E-state index in [0.29, 0.717) is 17.0 Å². The Bertz CT molecular complexity index is 495. The molecule has 5 heteroatoms. The number of rotatable bonds is 4. The number of benzene rings is 1. The summed E-state index contributed by atoms with van der Waals surface area (Å²) in [5.74, 6) is 0.449. The molecule has 0 radical (unpaired) electrons. The van der Waals surface area contributed by atoms with Crippen molar-refractivity contribution in [2.75, 3.05) is 19.5 Å². The molecule has 19 heavy (non-hydrogen) atoms. The number of hydrogen-bond acceptors (Lipinski definition) is 3. The summed E-state index contributed by atoms with van der Waals surface area (Å²) in [7, 11) is 3.09. The highest BCUT2D eigenvalue weighted by molar-refractivity contribution is 5.97. The average Bonchev–Trinajstić information content (AvgIpc) is 2.36. The molecule has 0 aromatic heterocycles. The van der Waals surface area contributed by atoms with Crippen molar-refractivity contribution in [1.82, 2.24) is 5.32 Å². The van der Waals surface area contributed by atoms with Crippen molar-refractivity contribution in [3.05, 3.63) is 23.8 Å². The Morgan fingerprint density at radius 2 is 2.05 bits per heavy atom. The van der Waals surface area contributed by atoms with Gasteiger partial charge in [-0.3, -0.25) is 9.59 Å². The third-order valence-electron chi connectivity index (χ3n) is 3.42. The van der Waals surface area contributed by atoms with Crippen LogP contribution >= 0.6 is 0 Å². The predicted molar refractivity (Wildman–Crippen MR) is 72.4 cm³/mol. The maximum absolute atomic E-state index is 11.9. The molecule has 0 heterocycles. The maximum Gasteiger partial charge on any atom is 0.251 e. The molecular weight excluding hydrogens is 244 g/mol. The monoisotopic (exact) mass is 262 g/mol. The fourth-order valence-electron chi connectivity index (χ4n) is 1.99. The van der Waals surface area contributed by atoms with Crippen molar-refractivity contribution >= 4 is 17.5 Å². The van der Waals surface area contributed by atoms with Gasteiger partial charge in [0.05, 0.1) is 12.8 Å². The van der Waals surface area contributed by atoms with Gasteiger partial charge in [0.2, 0.25) is 5.91 Å². The van der Waals surface area contributed by atoms with Crippen molar-refractivity contribution < 1.29 is 14.3 Å². The molecule has 0 unspecified atom stereocenters. The van der Waals surface area contributed by atoms with Gasteiger partial charge in [-0.05, 0) is 31.0 Å². The molecular formula is C14H18N2O3. The highest BCUT2D eigenvalue weighted by Gasteiger charge is 2.25. The molecule has 2 N–H and O–H groups in total. The minimum absolute atomic E-state index is 0.0252. The summed E-state index contributed by atoms with van der Waals surface area (Å²) in [6.45, 7) is 0. The Labute approximate surface area is 112 Å². The molecule has 102 valence electrons. The smallest absolute Gasteiger partial charge is 0.251 e. The first-order chi connectivity index (χ1) is 9.15. The van der Waals surface area contributed by atoms with Crippen molar-refractivity contribution in [2.45, 2.75) is 19.3 Å². The topological polar surface area (TPSA) is 67.4 Å². The van der Waals surface area contributed by atoms with Gasteiger partial charge in [-0.1, -0.05) is 6.42 Å². The molecule has 1 aromatic carbocycles. The largest absolute Gasteiger partial charge is 0.495 e. The van der Waals surface area contributed by atoms with Crippen molar-refractivity contribution in [2.24, 2.45) is 5.92 Å². The van der Waals surface area contributed by atoms with E-state index in [0.717, 1.165) is 19.3 Å². The van der Waals surface area contributed by atoms with E-state index >= 15 is 0 Å². The van der Waals surface area contributed by atoms with E-state index in [1.807, 2.05) is 0 Å². The number of nitrogens with one attached hydrogen (secondary N) is 2. The van der Waals surface area contributed by atoms with Gasteiger partial charge in [0.1, 0.15) is 5.75 Å². The van der Waals surface area contributed by atoms with Crippen LogP contribution in [-0.4, -0.2) is 26.0 Å². The first-order valence-corrected chi connectivity index (χ1v) is 6.36. The molecule has 5 nitrogen and oxygen atoms in total. The second kappa shape index (κ2) is 5.73. The third-order valence-corrected chi connectivity index (χ3v) is 3.42. The van der Waals surface area contributed by atoms with E-state index in [1.165, 1.54) is 7.11 Å². The lowest BCUT2D eigenvalue weighted by atomic mass is 9.85. The van der Waals surface area contributed by atoms with Gasteiger partial charge in [0.15, 0.2) is 0 Å². The predicted octanol–water partition coefficient (Wildman–Crippen LogP) is 1.79. The van der Waals surface area contributed by atoms with Crippen molar-refractivity contribution in [3.8, 4) is 5.75 Å². The zero-order valence-corrected chi connectivity index (χ0v) is 11.2. The highest BCUT2D eigenvalue weighted by atomic mass is 16.5. The molecule has 0 atom stereocenters. The van der Waals surface area contributed by atoms with Gasteiger partial charge in [-0.2, -0.15) is 0 Å². The number of carbonyl (C=O) groups excluding carboxylic acids is 2. The Morgan fingerprint density at radius 1 is 1.32 bits per heavy atom. The van der Waals surface area contributed by atoms with E-state index in [9.17, 15) is 9.59 Å². The number of amides is 2. The van der Waals surface area contributed by atoms with Crippen LogP contribution in [0.1, 0.15) is 29.6 Å². The van der Waals surface area contributed by atoms with Crippen LogP contribution in [0.3, 0.4) is 0 Å².